The molecule has 2 nitrogen and oxygen atoms in total. The highest BCUT2D eigenvalue weighted by atomic mass is 32.2. The molecule has 1 aromatic heterocycles. The molecule has 0 spiro atoms. The first-order valence-electron chi connectivity index (χ1n) is 6.09. The fourth-order valence-electron chi connectivity index (χ4n) is 1.66. The van der Waals surface area contributed by atoms with E-state index in [0.29, 0.717) is 11.3 Å². The third-order valence-corrected chi connectivity index (χ3v) is 3.79. The van der Waals surface area contributed by atoms with Crippen molar-refractivity contribution in [2.75, 3.05) is 6.54 Å². The molecule has 90 valence electrons. The SMILES string of the molecule is CCCNC(CC)C(C)Sc1ccccn1. The van der Waals surface area contributed by atoms with Gasteiger partial charge in [0.1, 0.15) is 0 Å². The molecule has 1 rings (SSSR count). The molecule has 0 saturated heterocycles. The number of aromatic nitrogens is 1. The van der Waals surface area contributed by atoms with Gasteiger partial charge >= 0.3 is 0 Å². The average molecular weight is 238 g/mol. The highest BCUT2D eigenvalue weighted by Gasteiger charge is 2.15. The molecule has 2 atom stereocenters. The summed E-state index contributed by atoms with van der Waals surface area (Å²) in [7, 11) is 0. The Kier molecular flexibility index (Phi) is 6.50. The Bertz CT molecular complexity index is 277. The summed E-state index contributed by atoms with van der Waals surface area (Å²) in [5.74, 6) is 0. The Morgan fingerprint density at radius 3 is 2.75 bits per heavy atom. The van der Waals surface area contributed by atoms with Crippen LogP contribution < -0.4 is 5.32 Å². The quantitative estimate of drug-likeness (QED) is 0.737. The number of nitrogens with zero attached hydrogens (tertiary/aromatic N) is 1. The van der Waals surface area contributed by atoms with Gasteiger partial charge in [-0.15, -0.1) is 11.8 Å². The molecule has 1 heterocycles. The summed E-state index contributed by atoms with van der Waals surface area (Å²) in [5, 5.41) is 5.27. The van der Waals surface area contributed by atoms with Crippen molar-refractivity contribution in [2.45, 2.75) is 49.9 Å². The lowest BCUT2D eigenvalue weighted by molar-refractivity contribution is 0.493. The van der Waals surface area contributed by atoms with E-state index in [1.54, 1.807) is 0 Å². The van der Waals surface area contributed by atoms with Crippen LogP contribution >= 0.6 is 11.8 Å². The minimum atomic E-state index is 0.562. The monoisotopic (exact) mass is 238 g/mol. The van der Waals surface area contributed by atoms with Crippen LogP contribution in [0, 0.1) is 0 Å². The second kappa shape index (κ2) is 7.69. The lowest BCUT2D eigenvalue weighted by Gasteiger charge is -2.23. The minimum absolute atomic E-state index is 0.562. The Morgan fingerprint density at radius 1 is 1.38 bits per heavy atom. The van der Waals surface area contributed by atoms with Crippen LogP contribution in [0.4, 0.5) is 0 Å². The second-order valence-electron chi connectivity index (χ2n) is 3.96. The number of nitrogens with one attached hydrogen (secondary N) is 1. The van der Waals surface area contributed by atoms with E-state index in [4.69, 9.17) is 0 Å². The van der Waals surface area contributed by atoms with Gasteiger partial charge in [-0.1, -0.05) is 26.8 Å². The summed E-state index contributed by atoms with van der Waals surface area (Å²) in [6, 6.07) is 6.66. The van der Waals surface area contributed by atoms with E-state index in [2.05, 4.69) is 37.1 Å². The molecule has 1 aromatic rings. The van der Waals surface area contributed by atoms with E-state index in [9.17, 15) is 0 Å². The molecule has 0 aliphatic heterocycles. The number of hydrogen-bond acceptors (Lipinski definition) is 3. The van der Waals surface area contributed by atoms with Gasteiger partial charge < -0.3 is 5.32 Å². The average Bonchev–Trinajstić information content (AvgIpc) is 2.31. The van der Waals surface area contributed by atoms with Crippen LogP contribution in [-0.4, -0.2) is 22.8 Å². The fraction of sp³-hybridized carbons (Fsp3) is 0.615. The van der Waals surface area contributed by atoms with E-state index >= 15 is 0 Å². The molecule has 0 aromatic carbocycles. The van der Waals surface area contributed by atoms with Crippen molar-refractivity contribution in [3.63, 3.8) is 0 Å². The van der Waals surface area contributed by atoms with Crippen LogP contribution in [0.3, 0.4) is 0 Å². The highest BCUT2D eigenvalue weighted by molar-refractivity contribution is 7.99. The standard InChI is InChI=1S/C13H22N2S/c1-4-9-14-12(5-2)11(3)16-13-8-6-7-10-15-13/h6-8,10-12,14H,4-5,9H2,1-3H3. The summed E-state index contributed by atoms with van der Waals surface area (Å²) >= 11 is 1.85. The number of thioether (sulfide) groups is 1. The van der Waals surface area contributed by atoms with Gasteiger partial charge in [-0.25, -0.2) is 4.98 Å². The normalized spacial score (nSPS) is 14.7. The first-order valence-corrected chi connectivity index (χ1v) is 6.97. The molecular weight excluding hydrogens is 216 g/mol. The molecule has 0 fully saturated rings. The fourth-order valence-corrected chi connectivity index (χ4v) is 2.77. The number of pyridine rings is 1. The van der Waals surface area contributed by atoms with Crippen LogP contribution in [0.25, 0.3) is 0 Å². The molecule has 0 bridgehead atoms. The lowest BCUT2D eigenvalue weighted by atomic mass is 10.1. The van der Waals surface area contributed by atoms with E-state index in [-0.39, 0.29) is 0 Å². The summed E-state index contributed by atoms with van der Waals surface area (Å²) in [6.07, 6.45) is 4.22. The second-order valence-corrected chi connectivity index (χ2v) is 5.36. The highest BCUT2D eigenvalue weighted by Crippen LogP contribution is 2.23. The third kappa shape index (κ3) is 4.54. The molecule has 0 aliphatic rings. The zero-order valence-electron chi connectivity index (χ0n) is 10.4. The van der Waals surface area contributed by atoms with Gasteiger partial charge in [0.05, 0.1) is 5.03 Å². The maximum Gasteiger partial charge on any atom is 0.0962 e. The molecule has 0 saturated carbocycles. The topological polar surface area (TPSA) is 24.9 Å². The molecule has 16 heavy (non-hydrogen) atoms. The third-order valence-electron chi connectivity index (χ3n) is 2.61. The summed E-state index contributed by atoms with van der Waals surface area (Å²) < 4.78 is 0. The first-order chi connectivity index (χ1) is 7.77. The van der Waals surface area contributed by atoms with Crippen molar-refractivity contribution >= 4 is 11.8 Å². The summed E-state index contributed by atoms with van der Waals surface area (Å²) in [4.78, 5) is 4.35. The summed E-state index contributed by atoms with van der Waals surface area (Å²) in [5.41, 5.74) is 0. The Hall–Kier alpha value is -0.540. The zero-order valence-corrected chi connectivity index (χ0v) is 11.3. The lowest BCUT2D eigenvalue weighted by Crippen LogP contribution is -2.36. The van der Waals surface area contributed by atoms with Crippen LogP contribution in [0.2, 0.25) is 0 Å². The van der Waals surface area contributed by atoms with E-state index in [1.807, 2.05) is 30.1 Å². The minimum Gasteiger partial charge on any atom is -0.313 e. The van der Waals surface area contributed by atoms with Crippen LogP contribution in [0.5, 0.6) is 0 Å². The molecular formula is C13H22N2S. The van der Waals surface area contributed by atoms with Gasteiger partial charge in [-0.05, 0) is 31.5 Å². The van der Waals surface area contributed by atoms with Crippen molar-refractivity contribution in [3.8, 4) is 0 Å². The van der Waals surface area contributed by atoms with Crippen molar-refractivity contribution in [2.24, 2.45) is 0 Å². The molecule has 0 amide bonds. The van der Waals surface area contributed by atoms with Crippen molar-refractivity contribution in [1.82, 2.24) is 10.3 Å². The molecule has 0 radical (unpaired) electrons. The zero-order chi connectivity index (χ0) is 11.8. The molecule has 1 N–H and O–H groups in total. The first kappa shape index (κ1) is 13.5. The molecule has 0 aliphatic carbocycles. The predicted molar refractivity (Wildman–Crippen MR) is 71.9 cm³/mol. The summed E-state index contributed by atoms with van der Waals surface area (Å²) in [6.45, 7) is 7.82. The molecule has 2 unspecified atom stereocenters. The van der Waals surface area contributed by atoms with E-state index in [0.717, 1.165) is 11.6 Å². The van der Waals surface area contributed by atoms with Crippen molar-refractivity contribution in [1.29, 1.82) is 0 Å². The van der Waals surface area contributed by atoms with Crippen LogP contribution in [-0.2, 0) is 0 Å². The van der Waals surface area contributed by atoms with Crippen LogP contribution in [0.1, 0.15) is 33.6 Å². The van der Waals surface area contributed by atoms with Gasteiger partial charge in [0.2, 0.25) is 0 Å². The maximum absolute atomic E-state index is 4.35. The maximum atomic E-state index is 4.35. The van der Waals surface area contributed by atoms with Gasteiger partial charge in [0.25, 0.3) is 0 Å². The Balaban J connectivity index is 2.46. The van der Waals surface area contributed by atoms with Crippen molar-refractivity contribution in [3.05, 3.63) is 24.4 Å². The van der Waals surface area contributed by atoms with Gasteiger partial charge in [-0.2, -0.15) is 0 Å². The Morgan fingerprint density at radius 2 is 2.19 bits per heavy atom. The largest absolute Gasteiger partial charge is 0.313 e. The van der Waals surface area contributed by atoms with Gasteiger partial charge in [0.15, 0.2) is 0 Å². The van der Waals surface area contributed by atoms with E-state index in [1.165, 1.54) is 12.8 Å². The van der Waals surface area contributed by atoms with Crippen LogP contribution in [0.15, 0.2) is 29.4 Å². The smallest absolute Gasteiger partial charge is 0.0962 e. The number of hydrogen-bond donors (Lipinski definition) is 1. The predicted octanol–water partition coefficient (Wildman–Crippen LogP) is 3.34. The Labute approximate surface area is 103 Å². The number of rotatable bonds is 7. The van der Waals surface area contributed by atoms with E-state index < -0.39 is 0 Å². The van der Waals surface area contributed by atoms with Crippen molar-refractivity contribution < 1.29 is 0 Å². The van der Waals surface area contributed by atoms with Gasteiger partial charge in [0, 0.05) is 17.5 Å². The molecule has 3 heteroatoms. The van der Waals surface area contributed by atoms with Gasteiger partial charge in [-0.3, -0.25) is 0 Å².